The van der Waals surface area contributed by atoms with Crippen molar-refractivity contribution in [2.24, 2.45) is 0 Å². The second kappa shape index (κ2) is 7.80. The molecule has 1 rings (SSSR count). The standard InChI is InChI=1S/C14H23NO2PSi/c1-15(2)13-18(16,17)10-12-19(3)11-9-14-7-5-4-6-8-14/h4-9,11H,10,12-13H2,1-3H3,(H,16,17). The SMILES string of the molecule is CN(C)CP(=O)(O)CC[Si](C)C=Cc1ccccc1. The van der Waals surface area contributed by atoms with Gasteiger partial charge in [0, 0.05) is 6.16 Å². The van der Waals surface area contributed by atoms with Gasteiger partial charge in [0.15, 0.2) is 0 Å². The Morgan fingerprint density at radius 1 is 1.32 bits per heavy atom. The van der Waals surface area contributed by atoms with Gasteiger partial charge in [-0.15, -0.1) is 0 Å². The van der Waals surface area contributed by atoms with Gasteiger partial charge in [0.1, 0.15) is 0 Å². The first-order valence-electron chi connectivity index (χ1n) is 6.40. The maximum absolute atomic E-state index is 11.9. The van der Waals surface area contributed by atoms with Crippen LogP contribution in [0.2, 0.25) is 12.6 Å². The summed E-state index contributed by atoms with van der Waals surface area (Å²) in [5, 5.41) is 0. The fourth-order valence-corrected chi connectivity index (χ4v) is 6.23. The molecular weight excluding hydrogens is 273 g/mol. The molecule has 0 aromatic heterocycles. The van der Waals surface area contributed by atoms with E-state index in [1.807, 2.05) is 32.3 Å². The summed E-state index contributed by atoms with van der Waals surface area (Å²) in [7, 11) is -0.00858. The van der Waals surface area contributed by atoms with Gasteiger partial charge in [-0.2, -0.15) is 0 Å². The van der Waals surface area contributed by atoms with Crippen molar-refractivity contribution in [2.45, 2.75) is 12.6 Å². The summed E-state index contributed by atoms with van der Waals surface area (Å²) in [5.41, 5.74) is 3.39. The fraction of sp³-hybridized carbons (Fsp3) is 0.429. The van der Waals surface area contributed by atoms with E-state index in [9.17, 15) is 9.46 Å². The van der Waals surface area contributed by atoms with Crippen LogP contribution in [0.25, 0.3) is 6.08 Å². The number of benzene rings is 1. The Bertz CT molecular complexity index is 448. The highest BCUT2D eigenvalue weighted by atomic mass is 31.2. The van der Waals surface area contributed by atoms with E-state index in [0.29, 0.717) is 6.16 Å². The molecule has 105 valence electrons. The Kier molecular flexibility index (Phi) is 6.73. The maximum Gasteiger partial charge on any atom is 0.213 e. The Hall–Kier alpha value is -0.673. The van der Waals surface area contributed by atoms with Crippen molar-refractivity contribution in [3.05, 3.63) is 41.6 Å². The average Bonchev–Trinajstić information content (AvgIpc) is 2.34. The quantitative estimate of drug-likeness (QED) is 0.620. The van der Waals surface area contributed by atoms with Crippen LogP contribution in [0.1, 0.15) is 5.56 Å². The van der Waals surface area contributed by atoms with Gasteiger partial charge in [-0.05, 0) is 25.7 Å². The van der Waals surface area contributed by atoms with Crippen LogP contribution >= 0.6 is 7.37 Å². The summed E-state index contributed by atoms with van der Waals surface area (Å²) >= 11 is 0. The van der Waals surface area contributed by atoms with Crippen LogP contribution in [0.5, 0.6) is 0 Å². The van der Waals surface area contributed by atoms with Crippen molar-refractivity contribution in [3.8, 4) is 0 Å². The van der Waals surface area contributed by atoms with E-state index < -0.39 is 16.2 Å². The molecule has 0 saturated carbocycles. The molecule has 5 heteroatoms. The lowest BCUT2D eigenvalue weighted by Gasteiger charge is -2.17. The van der Waals surface area contributed by atoms with Gasteiger partial charge in [-0.25, -0.2) is 0 Å². The fourth-order valence-electron chi connectivity index (χ4n) is 1.75. The molecule has 1 unspecified atom stereocenters. The predicted octanol–water partition coefficient (Wildman–Crippen LogP) is 3.15. The van der Waals surface area contributed by atoms with Gasteiger partial charge < -0.3 is 9.79 Å². The molecule has 0 saturated heterocycles. The number of hydrogen-bond acceptors (Lipinski definition) is 2. The molecule has 1 atom stereocenters. The van der Waals surface area contributed by atoms with Gasteiger partial charge in [0.2, 0.25) is 7.37 Å². The summed E-state index contributed by atoms with van der Waals surface area (Å²) in [6.07, 6.45) is 2.82. The average molecular weight is 296 g/mol. The number of rotatable bonds is 7. The summed E-state index contributed by atoms with van der Waals surface area (Å²) in [5.74, 6) is 0. The third-order valence-corrected chi connectivity index (χ3v) is 6.84. The lowest BCUT2D eigenvalue weighted by Crippen LogP contribution is -2.16. The summed E-state index contributed by atoms with van der Waals surface area (Å²) < 4.78 is 11.9. The van der Waals surface area contributed by atoms with Crippen LogP contribution < -0.4 is 0 Å². The van der Waals surface area contributed by atoms with E-state index in [4.69, 9.17) is 0 Å². The first-order valence-corrected chi connectivity index (χ1v) is 10.7. The molecule has 0 fully saturated rings. The van der Waals surface area contributed by atoms with E-state index >= 15 is 0 Å². The summed E-state index contributed by atoms with van der Waals surface area (Å²) in [4.78, 5) is 11.6. The molecule has 0 aliphatic carbocycles. The van der Waals surface area contributed by atoms with Gasteiger partial charge in [0.25, 0.3) is 0 Å². The molecule has 0 spiro atoms. The number of hydrogen-bond donors (Lipinski definition) is 1. The van der Waals surface area contributed by atoms with Crippen LogP contribution in [-0.2, 0) is 4.57 Å². The molecule has 3 nitrogen and oxygen atoms in total. The minimum Gasteiger partial charge on any atom is -0.343 e. The van der Waals surface area contributed by atoms with E-state index in [2.05, 4.69) is 30.5 Å². The zero-order valence-corrected chi connectivity index (χ0v) is 13.8. The van der Waals surface area contributed by atoms with Crippen molar-refractivity contribution < 1.29 is 9.46 Å². The first-order chi connectivity index (χ1) is 8.89. The largest absolute Gasteiger partial charge is 0.343 e. The molecule has 1 radical (unpaired) electrons. The normalized spacial score (nSPS) is 15.3. The minimum absolute atomic E-state index is 0.282. The van der Waals surface area contributed by atoms with Crippen LogP contribution in [-0.4, -0.2) is 45.1 Å². The monoisotopic (exact) mass is 296 g/mol. The Morgan fingerprint density at radius 2 is 1.95 bits per heavy atom. The zero-order valence-electron chi connectivity index (χ0n) is 11.9. The van der Waals surface area contributed by atoms with Crippen molar-refractivity contribution in [1.29, 1.82) is 0 Å². The third kappa shape index (κ3) is 7.48. The topological polar surface area (TPSA) is 40.5 Å². The van der Waals surface area contributed by atoms with Gasteiger partial charge in [-0.1, -0.05) is 48.7 Å². The van der Waals surface area contributed by atoms with Crippen molar-refractivity contribution in [2.75, 3.05) is 26.5 Å². The second-order valence-electron chi connectivity index (χ2n) is 5.13. The molecular formula is C14H23NO2PSi. The molecule has 0 aliphatic heterocycles. The van der Waals surface area contributed by atoms with E-state index in [-0.39, 0.29) is 6.29 Å². The lowest BCUT2D eigenvalue weighted by atomic mass is 10.2. The maximum atomic E-state index is 11.9. The Balaban J connectivity index is 2.42. The summed E-state index contributed by atoms with van der Waals surface area (Å²) in [6.45, 7) is 2.18. The highest BCUT2D eigenvalue weighted by molar-refractivity contribution is 7.58. The Labute approximate surface area is 118 Å². The van der Waals surface area contributed by atoms with Crippen molar-refractivity contribution in [1.82, 2.24) is 4.90 Å². The lowest BCUT2D eigenvalue weighted by molar-refractivity contribution is 0.415. The van der Waals surface area contributed by atoms with Gasteiger partial charge in [-0.3, -0.25) is 4.57 Å². The van der Waals surface area contributed by atoms with Gasteiger partial charge in [0.05, 0.1) is 15.1 Å². The molecule has 1 aromatic carbocycles. The van der Waals surface area contributed by atoms with E-state index in [0.717, 1.165) is 6.04 Å². The molecule has 0 amide bonds. The van der Waals surface area contributed by atoms with E-state index in [1.165, 1.54) is 5.56 Å². The van der Waals surface area contributed by atoms with Crippen LogP contribution in [0.4, 0.5) is 0 Å². The highest BCUT2D eigenvalue weighted by Gasteiger charge is 2.19. The smallest absolute Gasteiger partial charge is 0.213 e. The minimum atomic E-state index is -2.98. The van der Waals surface area contributed by atoms with Crippen LogP contribution in [0.3, 0.4) is 0 Å². The molecule has 0 heterocycles. The molecule has 19 heavy (non-hydrogen) atoms. The molecule has 0 bridgehead atoms. The van der Waals surface area contributed by atoms with Crippen molar-refractivity contribution in [3.63, 3.8) is 0 Å². The molecule has 1 aromatic rings. The Morgan fingerprint density at radius 3 is 2.53 bits per heavy atom. The van der Waals surface area contributed by atoms with Crippen LogP contribution in [0.15, 0.2) is 36.0 Å². The van der Waals surface area contributed by atoms with E-state index in [1.54, 1.807) is 4.90 Å². The third-order valence-electron chi connectivity index (χ3n) is 2.72. The second-order valence-corrected chi connectivity index (χ2v) is 10.1. The zero-order chi connectivity index (χ0) is 14.3. The van der Waals surface area contributed by atoms with Crippen LogP contribution in [0, 0.1) is 0 Å². The summed E-state index contributed by atoms with van der Waals surface area (Å²) in [6, 6.07) is 11.0. The highest BCUT2D eigenvalue weighted by Crippen LogP contribution is 2.41. The van der Waals surface area contributed by atoms with Crippen molar-refractivity contribution >= 4 is 22.2 Å². The number of nitrogens with zero attached hydrogens (tertiary/aromatic N) is 1. The molecule has 0 aliphatic rings. The van der Waals surface area contributed by atoms with Gasteiger partial charge >= 0.3 is 0 Å². The predicted molar refractivity (Wildman–Crippen MR) is 85.1 cm³/mol. The first kappa shape index (κ1) is 16.4. The molecule has 1 N–H and O–H groups in total.